The van der Waals surface area contributed by atoms with Crippen LogP contribution in [0.15, 0.2) is 33.5 Å². The molecule has 0 saturated carbocycles. The molecule has 0 aliphatic rings. The quantitative estimate of drug-likeness (QED) is 0.803. The van der Waals surface area contributed by atoms with E-state index in [9.17, 15) is 4.21 Å². The Morgan fingerprint density at radius 3 is 2.55 bits per heavy atom. The number of hydrogen-bond donors (Lipinski definition) is 0. The van der Waals surface area contributed by atoms with Crippen molar-refractivity contribution in [1.29, 1.82) is 5.26 Å². The summed E-state index contributed by atoms with van der Waals surface area (Å²) in [7, 11) is 0.293. The number of aryl methyl sites for hydroxylation is 2. The van der Waals surface area contributed by atoms with Gasteiger partial charge in [-0.15, -0.1) is 4.36 Å². The molecule has 0 bridgehead atoms. The summed E-state index contributed by atoms with van der Waals surface area (Å²) in [5, 5.41) is 13.5. The molecule has 0 spiro atoms. The van der Waals surface area contributed by atoms with E-state index in [1.807, 2.05) is 0 Å². The molecular formula is C14H15ClN4O2S. The number of nitriles is 1. The Labute approximate surface area is 134 Å². The molecule has 1 heterocycles. The Bertz CT molecular complexity index is 843. The maximum atomic E-state index is 13.1. The van der Waals surface area contributed by atoms with Crippen LogP contribution in [-0.4, -0.2) is 21.1 Å². The van der Waals surface area contributed by atoms with Gasteiger partial charge < -0.3 is 4.74 Å². The SMILES string of the molecule is COc1ccc(S(=O)(Cc2c(C)nn(C)c2Cl)=NC#N)cc1. The van der Waals surface area contributed by atoms with E-state index in [1.54, 1.807) is 51.5 Å². The van der Waals surface area contributed by atoms with E-state index in [1.165, 1.54) is 4.68 Å². The van der Waals surface area contributed by atoms with Crippen molar-refractivity contribution in [3.63, 3.8) is 0 Å². The van der Waals surface area contributed by atoms with Crippen molar-refractivity contribution in [3.05, 3.63) is 40.7 Å². The number of ether oxygens (including phenoxy) is 1. The summed E-state index contributed by atoms with van der Waals surface area (Å²) in [6.07, 6.45) is 1.65. The molecule has 6 nitrogen and oxygen atoms in total. The largest absolute Gasteiger partial charge is 0.497 e. The zero-order chi connectivity index (χ0) is 16.3. The molecule has 0 aliphatic heterocycles. The van der Waals surface area contributed by atoms with Crippen LogP contribution in [0.3, 0.4) is 0 Å². The van der Waals surface area contributed by atoms with Gasteiger partial charge >= 0.3 is 0 Å². The van der Waals surface area contributed by atoms with E-state index in [0.717, 1.165) is 0 Å². The molecule has 1 aromatic heterocycles. The Balaban J connectivity index is 2.52. The topological polar surface area (TPSA) is 80.3 Å². The van der Waals surface area contributed by atoms with Crippen molar-refractivity contribution >= 4 is 21.3 Å². The first-order valence-corrected chi connectivity index (χ1v) is 8.42. The smallest absolute Gasteiger partial charge is 0.214 e. The van der Waals surface area contributed by atoms with Crippen LogP contribution in [0.2, 0.25) is 5.15 Å². The second kappa shape index (κ2) is 6.38. The minimum atomic E-state index is -2.96. The summed E-state index contributed by atoms with van der Waals surface area (Å²) in [6.45, 7) is 1.78. The number of benzene rings is 1. The molecular weight excluding hydrogens is 324 g/mol. The average Bonchev–Trinajstić information content (AvgIpc) is 2.74. The average molecular weight is 339 g/mol. The highest BCUT2D eigenvalue weighted by atomic mass is 35.5. The number of rotatable bonds is 4. The standard InChI is InChI=1S/C14H15ClN4O2S/c1-10-13(14(15)19(2)18-10)8-22(20,17-9-16)12-6-4-11(21-3)5-7-12/h4-7H,8H2,1-3H3. The second-order valence-electron chi connectivity index (χ2n) is 4.63. The summed E-state index contributed by atoms with van der Waals surface area (Å²) in [5.74, 6) is 0.670. The Kier molecular flexibility index (Phi) is 4.74. The molecule has 0 radical (unpaired) electrons. The van der Waals surface area contributed by atoms with Crippen molar-refractivity contribution in [3.8, 4) is 11.9 Å². The molecule has 0 N–H and O–H groups in total. The van der Waals surface area contributed by atoms with Gasteiger partial charge in [-0.1, -0.05) is 11.6 Å². The van der Waals surface area contributed by atoms with Crippen molar-refractivity contribution < 1.29 is 8.95 Å². The van der Waals surface area contributed by atoms with Crippen molar-refractivity contribution in [2.24, 2.45) is 11.4 Å². The van der Waals surface area contributed by atoms with Gasteiger partial charge in [0.15, 0.2) is 0 Å². The molecule has 116 valence electrons. The molecule has 1 aromatic carbocycles. The normalized spacial score (nSPS) is 13.2. The number of halogens is 1. The highest BCUT2D eigenvalue weighted by Gasteiger charge is 2.20. The molecule has 0 saturated heterocycles. The van der Waals surface area contributed by atoms with Crippen molar-refractivity contribution in [2.45, 2.75) is 17.6 Å². The molecule has 0 aliphatic carbocycles. The van der Waals surface area contributed by atoms with Crippen LogP contribution in [0, 0.1) is 18.4 Å². The maximum Gasteiger partial charge on any atom is 0.214 e. The van der Waals surface area contributed by atoms with E-state index >= 15 is 0 Å². The third-order valence-corrected chi connectivity index (χ3v) is 5.76. The predicted octanol–water partition coefficient (Wildman–Crippen LogP) is 2.90. The Hall–Kier alpha value is -2.04. The molecule has 2 rings (SSSR count). The number of methoxy groups -OCH3 is 1. The Morgan fingerprint density at radius 2 is 2.09 bits per heavy atom. The lowest BCUT2D eigenvalue weighted by Crippen LogP contribution is -2.06. The molecule has 2 aromatic rings. The van der Waals surface area contributed by atoms with E-state index in [0.29, 0.717) is 27.1 Å². The number of hydrogen-bond acceptors (Lipinski definition) is 5. The van der Waals surface area contributed by atoms with Crippen LogP contribution in [0.4, 0.5) is 0 Å². The maximum absolute atomic E-state index is 13.1. The lowest BCUT2D eigenvalue weighted by atomic mass is 10.3. The van der Waals surface area contributed by atoms with Crippen molar-refractivity contribution in [1.82, 2.24) is 9.78 Å². The summed E-state index contributed by atoms with van der Waals surface area (Å²) < 4.78 is 23.4. The molecule has 22 heavy (non-hydrogen) atoms. The van der Waals surface area contributed by atoms with Gasteiger partial charge in [-0.2, -0.15) is 10.4 Å². The lowest BCUT2D eigenvalue weighted by molar-refractivity contribution is 0.414. The summed E-state index contributed by atoms with van der Waals surface area (Å²) in [4.78, 5) is 0.453. The van der Waals surface area contributed by atoms with Crippen LogP contribution in [-0.2, 0) is 22.5 Å². The van der Waals surface area contributed by atoms with Crippen molar-refractivity contribution in [2.75, 3.05) is 7.11 Å². The molecule has 0 amide bonds. The first-order chi connectivity index (χ1) is 10.4. The van der Waals surface area contributed by atoms with Gasteiger partial charge in [0.1, 0.15) is 10.9 Å². The Morgan fingerprint density at radius 1 is 1.45 bits per heavy atom. The molecule has 0 fully saturated rings. The molecule has 1 atom stereocenters. The van der Waals surface area contributed by atoms with E-state index in [-0.39, 0.29) is 5.75 Å². The lowest BCUT2D eigenvalue weighted by Gasteiger charge is -2.09. The number of nitrogens with zero attached hydrogens (tertiary/aromatic N) is 4. The zero-order valence-electron chi connectivity index (χ0n) is 12.4. The van der Waals surface area contributed by atoms with Gasteiger partial charge in [0.2, 0.25) is 6.19 Å². The van der Waals surface area contributed by atoms with Crippen LogP contribution in [0.5, 0.6) is 5.75 Å². The highest BCUT2D eigenvalue weighted by Crippen LogP contribution is 2.27. The third-order valence-electron chi connectivity index (χ3n) is 3.23. The van der Waals surface area contributed by atoms with Gasteiger partial charge in [-0.3, -0.25) is 4.68 Å². The van der Waals surface area contributed by atoms with Gasteiger partial charge in [0.05, 0.1) is 28.3 Å². The summed E-state index contributed by atoms with van der Waals surface area (Å²) in [5.41, 5.74) is 1.30. The van der Waals surface area contributed by atoms with E-state index in [2.05, 4.69) is 9.46 Å². The highest BCUT2D eigenvalue weighted by molar-refractivity contribution is 7.93. The van der Waals surface area contributed by atoms with Gasteiger partial charge in [-0.05, 0) is 31.2 Å². The fraction of sp³-hybridized carbons (Fsp3) is 0.286. The fourth-order valence-electron chi connectivity index (χ4n) is 2.06. The van der Waals surface area contributed by atoms with Gasteiger partial charge in [0.25, 0.3) is 0 Å². The second-order valence-corrected chi connectivity index (χ2v) is 7.21. The zero-order valence-corrected chi connectivity index (χ0v) is 14.0. The van der Waals surface area contributed by atoms with Crippen LogP contribution < -0.4 is 4.74 Å². The van der Waals surface area contributed by atoms with E-state index < -0.39 is 9.73 Å². The third kappa shape index (κ3) is 3.08. The van der Waals surface area contributed by atoms with Crippen LogP contribution in [0.25, 0.3) is 0 Å². The van der Waals surface area contributed by atoms with Crippen LogP contribution in [0.1, 0.15) is 11.3 Å². The summed E-state index contributed by atoms with van der Waals surface area (Å²) in [6, 6.07) is 6.64. The van der Waals surface area contributed by atoms with Gasteiger partial charge in [0, 0.05) is 17.5 Å². The predicted molar refractivity (Wildman–Crippen MR) is 84.1 cm³/mol. The van der Waals surface area contributed by atoms with Crippen LogP contribution >= 0.6 is 11.6 Å². The minimum Gasteiger partial charge on any atom is -0.497 e. The fourth-order valence-corrected chi connectivity index (χ4v) is 4.14. The van der Waals surface area contributed by atoms with Gasteiger partial charge in [-0.25, -0.2) is 4.21 Å². The van der Waals surface area contributed by atoms with E-state index in [4.69, 9.17) is 21.6 Å². The monoisotopic (exact) mass is 338 g/mol. The minimum absolute atomic E-state index is 0.0331. The molecule has 1 unspecified atom stereocenters. The summed E-state index contributed by atoms with van der Waals surface area (Å²) >= 11 is 6.19. The first-order valence-electron chi connectivity index (χ1n) is 6.36. The number of aromatic nitrogens is 2. The first kappa shape index (κ1) is 16.3. The molecule has 8 heteroatoms.